The number of aliphatic hydroxyl groups excluding tert-OH is 1. The van der Waals surface area contributed by atoms with Gasteiger partial charge in [-0.2, -0.15) is 0 Å². The van der Waals surface area contributed by atoms with Gasteiger partial charge in [-0.05, 0) is 51.1 Å². The third kappa shape index (κ3) is 4.21. The maximum absolute atomic E-state index is 12.3. The monoisotopic (exact) mass is 451 g/mol. The molecule has 1 aliphatic carbocycles. The van der Waals surface area contributed by atoms with E-state index in [1.807, 2.05) is 18.2 Å². The fourth-order valence-corrected chi connectivity index (χ4v) is 4.35. The number of carbonyl (C=O) groups is 1. The second kappa shape index (κ2) is 8.78. The minimum absolute atomic E-state index is 0. The molecule has 10 heteroatoms. The smallest absolute Gasteiger partial charge is 0.504 e. The first-order valence-corrected chi connectivity index (χ1v) is 9.89. The van der Waals surface area contributed by atoms with E-state index in [4.69, 9.17) is 5.11 Å². The highest BCUT2D eigenvalue weighted by molar-refractivity contribution is 5.85. The SMILES string of the molecule is CN(C)C1CCN(c2ccc3c(c2)C(O)CCc2c-3[nH]c(=O)c(OC(=O)O)c2O)C1.Cl. The van der Waals surface area contributed by atoms with Gasteiger partial charge in [0.25, 0.3) is 5.56 Å². The third-order valence-electron chi connectivity index (χ3n) is 6.03. The maximum atomic E-state index is 12.3. The molecule has 2 aromatic rings. The van der Waals surface area contributed by atoms with E-state index in [1.165, 1.54) is 0 Å². The van der Waals surface area contributed by atoms with E-state index in [0.29, 0.717) is 34.8 Å². The number of anilines is 1. The number of aliphatic hydroxyl groups is 1. The van der Waals surface area contributed by atoms with Crippen molar-refractivity contribution in [3.05, 3.63) is 39.7 Å². The van der Waals surface area contributed by atoms with E-state index in [2.05, 4.69) is 33.6 Å². The lowest BCUT2D eigenvalue weighted by molar-refractivity contribution is 0.142. The van der Waals surface area contributed by atoms with Crippen molar-refractivity contribution < 1.29 is 24.9 Å². The second-order valence-electron chi connectivity index (χ2n) is 8.03. The maximum Gasteiger partial charge on any atom is 0.511 e. The Labute approximate surface area is 185 Å². The van der Waals surface area contributed by atoms with Gasteiger partial charge < -0.3 is 34.8 Å². The molecule has 0 spiro atoms. The standard InChI is InChI=1S/C21H25N3O6.ClH/c1-23(2)12-7-8-24(10-12)11-3-4-13-15(9-11)16(25)6-5-14-17(13)22-20(27)19(18(14)26)30-21(28)29;/h3-4,9,12,16,25H,5-8,10H2,1-2H3,(H,28,29)(H2,22,26,27);1H. The second-order valence-corrected chi connectivity index (χ2v) is 8.03. The van der Waals surface area contributed by atoms with Crippen molar-refractivity contribution in [1.29, 1.82) is 0 Å². The summed E-state index contributed by atoms with van der Waals surface area (Å²) in [5, 5.41) is 30.1. The Balaban J connectivity index is 0.00000272. The van der Waals surface area contributed by atoms with Crippen LogP contribution in [-0.2, 0) is 6.42 Å². The van der Waals surface area contributed by atoms with Crippen molar-refractivity contribution in [2.45, 2.75) is 31.4 Å². The van der Waals surface area contributed by atoms with E-state index in [9.17, 15) is 19.8 Å². The molecule has 31 heavy (non-hydrogen) atoms. The molecule has 0 amide bonds. The number of pyridine rings is 1. The predicted molar refractivity (Wildman–Crippen MR) is 118 cm³/mol. The van der Waals surface area contributed by atoms with Crippen LogP contribution in [0.25, 0.3) is 11.3 Å². The van der Waals surface area contributed by atoms with Gasteiger partial charge in [-0.3, -0.25) is 4.79 Å². The number of aromatic amines is 1. The minimum atomic E-state index is -1.68. The molecule has 0 saturated carbocycles. The number of H-pyrrole nitrogens is 1. The van der Waals surface area contributed by atoms with Crippen LogP contribution >= 0.6 is 12.4 Å². The minimum Gasteiger partial charge on any atom is -0.504 e. The molecule has 1 aliphatic heterocycles. The fraction of sp³-hybridized carbons (Fsp3) is 0.429. The molecule has 1 aromatic carbocycles. The number of hydrogen-bond acceptors (Lipinski definition) is 7. The molecule has 1 saturated heterocycles. The normalized spacial score (nSPS) is 19.9. The summed E-state index contributed by atoms with van der Waals surface area (Å²) in [6.07, 6.45) is -0.841. The van der Waals surface area contributed by atoms with Gasteiger partial charge in [0.2, 0.25) is 5.75 Å². The highest BCUT2D eigenvalue weighted by Crippen LogP contribution is 2.42. The van der Waals surface area contributed by atoms with Crippen molar-refractivity contribution in [3.8, 4) is 22.8 Å². The van der Waals surface area contributed by atoms with Crippen molar-refractivity contribution >= 4 is 24.2 Å². The van der Waals surface area contributed by atoms with Crippen molar-refractivity contribution in [3.63, 3.8) is 0 Å². The molecule has 168 valence electrons. The summed E-state index contributed by atoms with van der Waals surface area (Å²) in [4.78, 5) is 30.3. The van der Waals surface area contributed by atoms with E-state index >= 15 is 0 Å². The van der Waals surface area contributed by atoms with Crippen LogP contribution in [0, 0.1) is 0 Å². The summed E-state index contributed by atoms with van der Waals surface area (Å²) in [6, 6.07) is 6.17. The summed E-state index contributed by atoms with van der Waals surface area (Å²) in [6.45, 7) is 1.81. The number of carboxylic acid groups (broad SMARTS) is 1. The average Bonchev–Trinajstić information content (AvgIpc) is 3.15. The number of ether oxygens (including phenoxy) is 1. The first-order valence-electron chi connectivity index (χ1n) is 9.89. The number of fused-ring (bicyclic) bond motifs is 3. The van der Waals surface area contributed by atoms with Gasteiger partial charge in [-0.1, -0.05) is 6.07 Å². The van der Waals surface area contributed by atoms with Gasteiger partial charge in [0.05, 0.1) is 11.8 Å². The van der Waals surface area contributed by atoms with Crippen LogP contribution in [0.15, 0.2) is 23.0 Å². The van der Waals surface area contributed by atoms with Crippen LogP contribution in [0.2, 0.25) is 0 Å². The third-order valence-corrected chi connectivity index (χ3v) is 6.03. The van der Waals surface area contributed by atoms with E-state index in [-0.39, 0.29) is 18.8 Å². The number of rotatable bonds is 3. The number of aromatic nitrogens is 1. The Morgan fingerprint density at radius 1 is 1.29 bits per heavy atom. The molecule has 1 fully saturated rings. The number of nitrogens with zero attached hydrogens (tertiary/aromatic N) is 2. The van der Waals surface area contributed by atoms with Crippen LogP contribution in [-0.4, -0.2) is 64.6 Å². The summed E-state index contributed by atoms with van der Waals surface area (Å²) in [5.74, 6) is -1.16. The van der Waals surface area contributed by atoms with Gasteiger partial charge >= 0.3 is 6.16 Å². The van der Waals surface area contributed by atoms with Crippen molar-refractivity contribution in [2.24, 2.45) is 0 Å². The number of likely N-dealkylation sites (N-methyl/N-ethyl adjacent to an activating group) is 1. The van der Waals surface area contributed by atoms with Gasteiger partial charge in [0.1, 0.15) is 0 Å². The Morgan fingerprint density at radius 2 is 2.03 bits per heavy atom. The molecule has 2 atom stereocenters. The zero-order chi connectivity index (χ0) is 21.6. The summed E-state index contributed by atoms with van der Waals surface area (Å²) in [5.41, 5.74) is 2.16. The van der Waals surface area contributed by atoms with E-state index < -0.39 is 29.3 Å². The van der Waals surface area contributed by atoms with Crippen LogP contribution in [0.5, 0.6) is 11.5 Å². The number of hydrogen-bond donors (Lipinski definition) is 4. The largest absolute Gasteiger partial charge is 0.511 e. The zero-order valence-electron chi connectivity index (χ0n) is 17.3. The first-order chi connectivity index (χ1) is 14.3. The molecule has 2 unspecified atom stereocenters. The Morgan fingerprint density at radius 3 is 2.68 bits per heavy atom. The average molecular weight is 452 g/mol. The molecular weight excluding hydrogens is 426 g/mol. The Hall–Kier alpha value is -2.75. The lowest BCUT2D eigenvalue weighted by Gasteiger charge is -2.23. The zero-order valence-corrected chi connectivity index (χ0v) is 18.1. The summed E-state index contributed by atoms with van der Waals surface area (Å²) < 4.78 is 4.46. The first kappa shape index (κ1) is 22.9. The Bertz CT molecular complexity index is 1050. The summed E-state index contributed by atoms with van der Waals surface area (Å²) in [7, 11) is 4.13. The van der Waals surface area contributed by atoms with E-state index in [0.717, 1.165) is 25.2 Å². The highest BCUT2D eigenvalue weighted by atomic mass is 35.5. The van der Waals surface area contributed by atoms with Crippen LogP contribution in [0.1, 0.15) is 30.1 Å². The number of halogens is 1. The molecule has 9 nitrogen and oxygen atoms in total. The van der Waals surface area contributed by atoms with Crippen LogP contribution in [0.4, 0.5) is 10.5 Å². The highest BCUT2D eigenvalue weighted by Gasteiger charge is 2.29. The molecule has 4 N–H and O–H groups in total. The molecule has 1 aromatic heterocycles. The van der Waals surface area contributed by atoms with Gasteiger partial charge in [0.15, 0.2) is 5.75 Å². The molecule has 0 bridgehead atoms. The topological polar surface area (TPSA) is 126 Å². The van der Waals surface area contributed by atoms with E-state index in [1.54, 1.807) is 0 Å². The van der Waals surface area contributed by atoms with Gasteiger partial charge in [-0.25, -0.2) is 4.79 Å². The van der Waals surface area contributed by atoms with Crippen molar-refractivity contribution in [1.82, 2.24) is 9.88 Å². The molecule has 2 aliphatic rings. The number of aromatic hydroxyl groups is 1. The van der Waals surface area contributed by atoms with Gasteiger partial charge in [0, 0.05) is 35.9 Å². The number of benzene rings is 1. The predicted octanol–water partition coefficient (Wildman–Crippen LogP) is 2.35. The lowest BCUT2D eigenvalue weighted by atomic mass is 9.98. The molecule has 4 rings (SSSR count). The van der Waals surface area contributed by atoms with Crippen molar-refractivity contribution in [2.75, 3.05) is 32.1 Å². The fourth-order valence-electron chi connectivity index (χ4n) is 4.35. The lowest BCUT2D eigenvalue weighted by Crippen LogP contribution is -2.31. The van der Waals surface area contributed by atoms with Gasteiger partial charge in [-0.15, -0.1) is 12.4 Å². The quantitative estimate of drug-likeness (QED) is 0.524. The molecule has 0 radical (unpaired) electrons. The van der Waals surface area contributed by atoms with Crippen LogP contribution in [0.3, 0.4) is 0 Å². The molecule has 2 heterocycles. The van der Waals surface area contributed by atoms with Crippen LogP contribution < -0.4 is 15.2 Å². The Kier molecular flexibility index (Phi) is 6.49. The number of nitrogens with one attached hydrogen (secondary N) is 1. The summed E-state index contributed by atoms with van der Waals surface area (Å²) >= 11 is 0. The molecular formula is C21H26ClN3O6.